The second kappa shape index (κ2) is 3.88. The maximum Gasteiger partial charge on any atom is 0.186 e. The summed E-state index contributed by atoms with van der Waals surface area (Å²) in [5.41, 5.74) is 0. The minimum absolute atomic E-state index is 0.252. The minimum atomic E-state index is -1.28. The summed E-state index contributed by atoms with van der Waals surface area (Å²) in [6, 6.07) is 0. The second-order valence-corrected chi connectivity index (χ2v) is 1.40. The number of carbonyl (C=O) groups is 1. The number of rotatable bonds is 3. The third kappa shape index (κ3) is 4.80. The summed E-state index contributed by atoms with van der Waals surface area (Å²) >= 11 is 0. The van der Waals surface area contributed by atoms with Crippen molar-refractivity contribution < 1.29 is 14.6 Å². The maximum absolute atomic E-state index is 9.75. The van der Waals surface area contributed by atoms with Gasteiger partial charge in [-0.1, -0.05) is 0 Å². The Morgan fingerprint density at radius 2 is 2.33 bits per heavy atom. The van der Waals surface area contributed by atoms with E-state index in [1.54, 1.807) is 6.92 Å². The van der Waals surface area contributed by atoms with Gasteiger partial charge in [0.05, 0.1) is 19.0 Å². The summed E-state index contributed by atoms with van der Waals surface area (Å²) in [5, 5.41) is 16.5. The van der Waals surface area contributed by atoms with E-state index in [2.05, 4.69) is 4.74 Å². The van der Waals surface area contributed by atoms with Gasteiger partial charge in [0.2, 0.25) is 0 Å². The third-order valence-electron chi connectivity index (χ3n) is 0.623. The van der Waals surface area contributed by atoms with E-state index in [0.717, 1.165) is 0 Å². The van der Waals surface area contributed by atoms with Gasteiger partial charge in [-0.15, -0.1) is 0 Å². The Bertz CT molecular complexity index is 121. The largest absolute Gasteiger partial charge is 0.550 e. The Hall–Kier alpha value is -1.06. The molecule has 0 aliphatic carbocycles. The van der Waals surface area contributed by atoms with Gasteiger partial charge in [-0.05, 0) is 6.92 Å². The van der Waals surface area contributed by atoms with Crippen LogP contribution in [0.5, 0.6) is 0 Å². The smallest absolute Gasteiger partial charge is 0.186 e. The molecule has 4 nitrogen and oxygen atoms in total. The van der Waals surface area contributed by atoms with Gasteiger partial charge < -0.3 is 14.6 Å². The molecule has 0 aliphatic heterocycles. The first-order valence-electron chi connectivity index (χ1n) is 2.57. The zero-order chi connectivity index (χ0) is 7.28. The fraction of sp³-hybridized carbons (Fsp3) is 0.600. The minimum Gasteiger partial charge on any atom is -0.550 e. The molecule has 0 radical (unpaired) electrons. The topological polar surface area (TPSA) is 73.2 Å². The SMILES string of the molecule is CCOC(=N)CC(=O)[O-]. The Kier molecular flexibility index (Phi) is 3.43. The van der Waals surface area contributed by atoms with Crippen molar-refractivity contribution >= 4 is 11.9 Å². The standard InChI is InChI=1S/C5H9NO3/c1-2-9-4(6)3-5(7)8/h6H,2-3H2,1H3,(H,7,8)/p-1. The molecule has 1 N–H and O–H groups in total. The van der Waals surface area contributed by atoms with Crippen LogP contribution in [0.1, 0.15) is 13.3 Å². The zero-order valence-corrected chi connectivity index (χ0v) is 5.14. The average molecular weight is 130 g/mol. The lowest BCUT2D eigenvalue weighted by Crippen LogP contribution is -2.25. The predicted molar refractivity (Wildman–Crippen MR) is 29.0 cm³/mol. The lowest BCUT2D eigenvalue weighted by molar-refractivity contribution is -0.304. The maximum atomic E-state index is 9.75. The van der Waals surface area contributed by atoms with E-state index in [-0.39, 0.29) is 5.90 Å². The summed E-state index contributed by atoms with van der Waals surface area (Å²) in [4.78, 5) is 9.75. The highest BCUT2D eigenvalue weighted by molar-refractivity contribution is 5.90. The van der Waals surface area contributed by atoms with E-state index in [4.69, 9.17) is 5.41 Å². The summed E-state index contributed by atoms with van der Waals surface area (Å²) in [6.45, 7) is 2.01. The van der Waals surface area contributed by atoms with Crippen molar-refractivity contribution in [2.24, 2.45) is 0 Å². The normalized spacial score (nSPS) is 8.56. The molecule has 4 heteroatoms. The number of carboxylic acid groups (broad SMARTS) is 1. The summed E-state index contributed by atoms with van der Waals surface area (Å²) in [7, 11) is 0. The van der Waals surface area contributed by atoms with Crippen LogP contribution in [-0.4, -0.2) is 18.5 Å². The van der Waals surface area contributed by atoms with Crippen LogP contribution >= 0.6 is 0 Å². The van der Waals surface area contributed by atoms with Gasteiger partial charge in [0, 0.05) is 0 Å². The number of hydrogen-bond donors (Lipinski definition) is 1. The highest BCUT2D eigenvalue weighted by Crippen LogP contribution is 1.83. The van der Waals surface area contributed by atoms with Gasteiger partial charge in [-0.2, -0.15) is 0 Å². The third-order valence-corrected chi connectivity index (χ3v) is 0.623. The fourth-order valence-corrected chi connectivity index (χ4v) is 0.356. The monoisotopic (exact) mass is 130 g/mol. The molecular formula is C5H8NO3-. The van der Waals surface area contributed by atoms with Gasteiger partial charge >= 0.3 is 0 Å². The van der Waals surface area contributed by atoms with E-state index in [9.17, 15) is 9.90 Å². The first-order chi connectivity index (χ1) is 4.16. The molecule has 0 amide bonds. The molecule has 9 heavy (non-hydrogen) atoms. The number of carboxylic acids is 1. The molecule has 0 fully saturated rings. The number of nitrogens with one attached hydrogen (secondary N) is 1. The number of ether oxygens (including phenoxy) is 1. The molecule has 0 rings (SSSR count). The molecule has 0 unspecified atom stereocenters. The fourth-order valence-electron chi connectivity index (χ4n) is 0.356. The van der Waals surface area contributed by atoms with Crippen LogP contribution in [0.4, 0.5) is 0 Å². The Morgan fingerprint density at radius 1 is 1.78 bits per heavy atom. The molecule has 0 aromatic carbocycles. The Balaban J connectivity index is 3.39. The summed E-state index contributed by atoms with van der Waals surface area (Å²) in [6.07, 6.45) is -0.437. The zero-order valence-electron chi connectivity index (χ0n) is 5.14. The molecular weight excluding hydrogens is 122 g/mol. The van der Waals surface area contributed by atoms with Crippen molar-refractivity contribution in [2.75, 3.05) is 6.61 Å². The van der Waals surface area contributed by atoms with E-state index in [1.807, 2.05) is 0 Å². The molecule has 0 saturated heterocycles. The molecule has 0 aromatic rings. The predicted octanol–water partition coefficient (Wildman–Crippen LogP) is -0.860. The van der Waals surface area contributed by atoms with Crippen LogP contribution in [0.2, 0.25) is 0 Å². The van der Waals surface area contributed by atoms with E-state index in [1.165, 1.54) is 0 Å². The first kappa shape index (κ1) is 7.94. The van der Waals surface area contributed by atoms with Crippen molar-refractivity contribution in [3.63, 3.8) is 0 Å². The lowest BCUT2D eigenvalue weighted by atomic mass is 10.4. The van der Waals surface area contributed by atoms with Crippen LogP contribution in [0.3, 0.4) is 0 Å². The van der Waals surface area contributed by atoms with Crippen molar-refractivity contribution in [1.29, 1.82) is 5.41 Å². The van der Waals surface area contributed by atoms with Crippen molar-refractivity contribution in [1.82, 2.24) is 0 Å². The highest BCUT2D eigenvalue weighted by atomic mass is 16.5. The molecule has 0 saturated carbocycles. The van der Waals surface area contributed by atoms with E-state index in [0.29, 0.717) is 6.61 Å². The molecule has 0 bridgehead atoms. The molecule has 0 heterocycles. The molecule has 52 valence electrons. The van der Waals surface area contributed by atoms with Crippen molar-refractivity contribution in [3.8, 4) is 0 Å². The Morgan fingerprint density at radius 3 is 2.67 bits per heavy atom. The van der Waals surface area contributed by atoms with Crippen LogP contribution < -0.4 is 5.11 Å². The quantitative estimate of drug-likeness (QED) is 0.399. The van der Waals surface area contributed by atoms with Crippen molar-refractivity contribution in [2.45, 2.75) is 13.3 Å². The number of aliphatic carboxylic acids is 1. The van der Waals surface area contributed by atoms with E-state index < -0.39 is 12.4 Å². The van der Waals surface area contributed by atoms with Crippen molar-refractivity contribution in [3.05, 3.63) is 0 Å². The highest BCUT2D eigenvalue weighted by Gasteiger charge is 1.94. The first-order valence-corrected chi connectivity index (χ1v) is 2.57. The molecule has 0 aromatic heterocycles. The van der Waals surface area contributed by atoms with Gasteiger partial charge in [-0.3, -0.25) is 5.41 Å². The summed E-state index contributed by atoms with van der Waals surface area (Å²) in [5.74, 6) is -1.54. The van der Waals surface area contributed by atoms with Gasteiger partial charge in [0.15, 0.2) is 5.90 Å². The van der Waals surface area contributed by atoms with Gasteiger partial charge in [-0.25, -0.2) is 0 Å². The molecule has 0 spiro atoms. The van der Waals surface area contributed by atoms with Gasteiger partial charge in [0.1, 0.15) is 0 Å². The summed E-state index contributed by atoms with van der Waals surface area (Å²) < 4.78 is 4.52. The van der Waals surface area contributed by atoms with Crippen LogP contribution in [0.15, 0.2) is 0 Å². The van der Waals surface area contributed by atoms with Crippen LogP contribution in [-0.2, 0) is 9.53 Å². The number of hydrogen-bond acceptors (Lipinski definition) is 4. The second-order valence-electron chi connectivity index (χ2n) is 1.40. The van der Waals surface area contributed by atoms with E-state index >= 15 is 0 Å². The van der Waals surface area contributed by atoms with Gasteiger partial charge in [0.25, 0.3) is 0 Å². The average Bonchev–Trinajstić information content (AvgIpc) is 1.63. The lowest BCUT2D eigenvalue weighted by Gasteiger charge is -2.03. The van der Waals surface area contributed by atoms with Crippen LogP contribution in [0, 0.1) is 5.41 Å². The molecule has 0 atom stereocenters. The molecule has 0 aliphatic rings. The Labute approximate surface area is 53.0 Å². The van der Waals surface area contributed by atoms with Crippen LogP contribution in [0.25, 0.3) is 0 Å². The number of carbonyl (C=O) groups excluding carboxylic acids is 1.